The van der Waals surface area contributed by atoms with Gasteiger partial charge in [0.25, 0.3) is 0 Å². The first-order chi connectivity index (χ1) is 7.15. The Labute approximate surface area is 83.5 Å². The van der Waals surface area contributed by atoms with Gasteiger partial charge in [0, 0.05) is 0 Å². The van der Waals surface area contributed by atoms with Crippen LogP contribution >= 0.6 is 0 Å². The maximum Gasteiger partial charge on any atom is 0.358 e. The first-order valence-corrected chi connectivity index (χ1v) is 4.08. The zero-order valence-electron chi connectivity index (χ0n) is 7.78. The van der Waals surface area contributed by atoms with Gasteiger partial charge in [-0.1, -0.05) is 10.4 Å². The fourth-order valence-corrected chi connectivity index (χ4v) is 1.02. The fourth-order valence-electron chi connectivity index (χ4n) is 1.02. The van der Waals surface area contributed by atoms with Crippen molar-refractivity contribution in [2.75, 3.05) is 0 Å². The van der Waals surface area contributed by atoms with E-state index in [4.69, 9.17) is 9.63 Å². The number of hydrogen-bond donors (Lipinski definition) is 1. The van der Waals surface area contributed by atoms with E-state index in [1.165, 1.54) is 10.9 Å². The van der Waals surface area contributed by atoms with Crippen LogP contribution in [0.15, 0.2) is 10.7 Å². The first kappa shape index (κ1) is 9.31. The average molecular weight is 209 g/mol. The molecule has 0 radical (unpaired) electrons. The molecule has 1 N–H and O–H groups in total. The topological polar surface area (TPSA) is 107 Å². The van der Waals surface area contributed by atoms with Crippen molar-refractivity contribution in [2.24, 2.45) is 0 Å². The molecule has 8 nitrogen and oxygen atoms in total. The number of aromatic nitrogens is 5. The van der Waals surface area contributed by atoms with Gasteiger partial charge in [0.05, 0.1) is 6.20 Å². The molecule has 0 bridgehead atoms. The molecule has 2 rings (SSSR count). The number of hydrogen-bond acceptors (Lipinski definition) is 6. The summed E-state index contributed by atoms with van der Waals surface area (Å²) in [6.07, 6.45) is 1.29. The van der Waals surface area contributed by atoms with Gasteiger partial charge in [0.2, 0.25) is 5.89 Å². The third-order valence-corrected chi connectivity index (χ3v) is 1.62. The van der Waals surface area contributed by atoms with Crippen molar-refractivity contribution in [2.45, 2.75) is 13.5 Å². The average Bonchev–Trinajstić information content (AvgIpc) is 2.76. The van der Waals surface area contributed by atoms with Gasteiger partial charge in [0.15, 0.2) is 11.5 Å². The number of rotatable bonds is 3. The summed E-state index contributed by atoms with van der Waals surface area (Å²) in [5.41, 5.74) is -0.119. The Bertz CT molecular complexity index is 488. The van der Waals surface area contributed by atoms with E-state index in [-0.39, 0.29) is 12.2 Å². The highest BCUT2D eigenvalue weighted by atomic mass is 16.5. The lowest BCUT2D eigenvalue weighted by atomic mass is 10.5. The highest BCUT2D eigenvalue weighted by molar-refractivity contribution is 5.84. The minimum Gasteiger partial charge on any atom is -0.476 e. The summed E-state index contributed by atoms with van der Waals surface area (Å²) in [5.74, 6) is -0.249. The minimum atomic E-state index is -1.12. The molecule has 0 aliphatic heterocycles. The van der Waals surface area contributed by atoms with Gasteiger partial charge in [0.1, 0.15) is 6.54 Å². The molecule has 0 aliphatic rings. The second-order valence-electron chi connectivity index (χ2n) is 2.84. The van der Waals surface area contributed by atoms with Gasteiger partial charge in [-0.3, -0.25) is 0 Å². The number of aromatic carboxylic acids is 1. The lowest BCUT2D eigenvalue weighted by molar-refractivity contribution is 0.0690. The number of carbonyl (C=O) groups is 1. The van der Waals surface area contributed by atoms with E-state index in [0.717, 1.165) is 0 Å². The van der Waals surface area contributed by atoms with Crippen LogP contribution in [-0.4, -0.2) is 36.2 Å². The summed E-state index contributed by atoms with van der Waals surface area (Å²) in [5, 5.41) is 19.2. The standard InChI is InChI=1S/C7H7N5O3/c1-4-8-6(15-10-4)3-12-2-5(7(13)14)9-11-12/h2H,3H2,1H3,(H,13,14). The van der Waals surface area contributed by atoms with Gasteiger partial charge in [-0.15, -0.1) is 5.10 Å². The van der Waals surface area contributed by atoms with Crippen LogP contribution in [0.2, 0.25) is 0 Å². The number of nitrogens with zero attached hydrogens (tertiary/aromatic N) is 5. The predicted octanol–water partition coefficient (Wildman–Crippen LogP) is -0.284. The molecule has 0 unspecified atom stereocenters. The van der Waals surface area contributed by atoms with Crippen LogP contribution in [0.1, 0.15) is 22.2 Å². The van der Waals surface area contributed by atoms with Crippen LogP contribution in [-0.2, 0) is 6.54 Å². The van der Waals surface area contributed by atoms with Crippen LogP contribution in [0.5, 0.6) is 0 Å². The van der Waals surface area contributed by atoms with Crippen LogP contribution < -0.4 is 0 Å². The summed E-state index contributed by atoms with van der Waals surface area (Å²) in [7, 11) is 0. The quantitative estimate of drug-likeness (QED) is 0.740. The van der Waals surface area contributed by atoms with E-state index >= 15 is 0 Å². The van der Waals surface area contributed by atoms with E-state index < -0.39 is 5.97 Å². The van der Waals surface area contributed by atoms with Gasteiger partial charge < -0.3 is 9.63 Å². The van der Waals surface area contributed by atoms with E-state index in [9.17, 15) is 4.79 Å². The Hall–Kier alpha value is -2.25. The molecule has 0 fully saturated rings. The molecule has 0 saturated carbocycles. The molecule has 0 spiro atoms. The van der Waals surface area contributed by atoms with Crippen molar-refractivity contribution in [3.63, 3.8) is 0 Å². The molecule has 0 amide bonds. The van der Waals surface area contributed by atoms with Crippen molar-refractivity contribution >= 4 is 5.97 Å². The molecule has 2 heterocycles. The molecule has 0 atom stereocenters. The molecule has 0 aromatic carbocycles. The van der Waals surface area contributed by atoms with Crippen molar-refractivity contribution < 1.29 is 14.4 Å². The largest absolute Gasteiger partial charge is 0.476 e. The zero-order chi connectivity index (χ0) is 10.8. The molecule has 0 aliphatic carbocycles. The van der Waals surface area contributed by atoms with E-state index in [2.05, 4.69) is 20.5 Å². The summed E-state index contributed by atoms with van der Waals surface area (Å²) in [6, 6.07) is 0. The van der Waals surface area contributed by atoms with Crippen molar-refractivity contribution in [1.29, 1.82) is 0 Å². The Morgan fingerprint density at radius 3 is 3.00 bits per heavy atom. The molecule has 2 aromatic heterocycles. The van der Waals surface area contributed by atoms with Crippen LogP contribution in [0.4, 0.5) is 0 Å². The summed E-state index contributed by atoms with van der Waals surface area (Å²) < 4.78 is 6.16. The normalized spacial score (nSPS) is 10.5. The summed E-state index contributed by atoms with van der Waals surface area (Å²) in [4.78, 5) is 14.4. The third-order valence-electron chi connectivity index (χ3n) is 1.62. The number of aryl methyl sites for hydroxylation is 1. The van der Waals surface area contributed by atoms with Gasteiger partial charge in [-0.25, -0.2) is 9.48 Å². The maximum atomic E-state index is 10.5. The SMILES string of the molecule is Cc1noc(Cn2cc(C(=O)O)nn2)n1. The lowest BCUT2D eigenvalue weighted by Gasteiger charge is -1.91. The van der Waals surface area contributed by atoms with Crippen molar-refractivity contribution in [1.82, 2.24) is 25.1 Å². The van der Waals surface area contributed by atoms with Crippen LogP contribution in [0.3, 0.4) is 0 Å². The smallest absolute Gasteiger partial charge is 0.358 e. The van der Waals surface area contributed by atoms with E-state index in [0.29, 0.717) is 11.7 Å². The Balaban J connectivity index is 2.14. The second kappa shape index (κ2) is 3.48. The minimum absolute atomic E-state index is 0.119. The molecule has 0 saturated heterocycles. The molecular formula is C7H7N5O3. The molecular weight excluding hydrogens is 202 g/mol. The third kappa shape index (κ3) is 1.98. The molecule has 8 heteroatoms. The second-order valence-corrected chi connectivity index (χ2v) is 2.84. The Morgan fingerprint density at radius 2 is 2.47 bits per heavy atom. The molecule has 78 valence electrons. The number of carboxylic acid groups (broad SMARTS) is 1. The van der Waals surface area contributed by atoms with Crippen molar-refractivity contribution in [3.05, 3.63) is 23.6 Å². The summed E-state index contributed by atoms with van der Waals surface area (Å²) >= 11 is 0. The Morgan fingerprint density at radius 1 is 1.67 bits per heavy atom. The van der Waals surface area contributed by atoms with Gasteiger partial charge >= 0.3 is 5.97 Å². The van der Waals surface area contributed by atoms with Gasteiger partial charge in [-0.2, -0.15) is 4.98 Å². The Kier molecular flexibility index (Phi) is 2.16. The van der Waals surface area contributed by atoms with Crippen LogP contribution in [0.25, 0.3) is 0 Å². The summed E-state index contributed by atoms with van der Waals surface area (Å²) in [6.45, 7) is 1.90. The maximum absolute atomic E-state index is 10.5. The van der Waals surface area contributed by atoms with Gasteiger partial charge in [-0.05, 0) is 6.92 Å². The molecule has 2 aromatic rings. The molecule has 15 heavy (non-hydrogen) atoms. The highest BCUT2D eigenvalue weighted by Crippen LogP contribution is 2.00. The lowest BCUT2D eigenvalue weighted by Crippen LogP contribution is -2.00. The first-order valence-electron chi connectivity index (χ1n) is 4.08. The number of carboxylic acids is 1. The zero-order valence-corrected chi connectivity index (χ0v) is 7.78. The predicted molar refractivity (Wildman–Crippen MR) is 45.1 cm³/mol. The van der Waals surface area contributed by atoms with Crippen LogP contribution in [0, 0.1) is 6.92 Å². The van der Waals surface area contributed by atoms with E-state index in [1.54, 1.807) is 6.92 Å². The van der Waals surface area contributed by atoms with E-state index in [1.807, 2.05) is 0 Å². The fraction of sp³-hybridized carbons (Fsp3) is 0.286. The monoisotopic (exact) mass is 209 g/mol. The van der Waals surface area contributed by atoms with Crippen molar-refractivity contribution in [3.8, 4) is 0 Å². The highest BCUT2D eigenvalue weighted by Gasteiger charge is 2.10.